The Morgan fingerprint density at radius 1 is 1.27 bits per heavy atom. The Kier molecular flexibility index (Phi) is 2.97. The normalized spacial score (nSPS) is 11.4. The van der Waals surface area contributed by atoms with E-state index in [4.69, 9.17) is 11.6 Å². The second-order valence-electron chi connectivity index (χ2n) is 5.08. The van der Waals surface area contributed by atoms with Crippen molar-refractivity contribution in [3.63, 3.8) is 0 Å². The van der Waals surface area contributed by atoms with Crippen LogP contribution in [0.25, 0.3) is 22.8 Å². The minimum atomic E-state index is 0.577. The summed E-state index contributed by atoms with van der Waals surface area (Å²) in [5.74, 6) is 1.52. The summed E-state index contributed by atoms with van der Waals surface area (Å²) >= 11 is 6.22. The number of imidazole rings is 2. The first-order valence-corrected chi connectivity index (χ1v) is 7.23. The van der Waals surface area contributed by atoms with Crippen LogP contribution in [-0.4, -0.2) is 29.3 Å². The summed E-state index contributed by atoms with van der Waals surface area (Å²) in [5, 5.41) is 5.10. The van der Waals surface area contributed by atoms with Crippen molar-refractivity contribution in [2.45, 2.75) is 6.54 Å². The van der Waals surface area contributed by atoms with Gasteiger partial charge in [-0.15, -0.1) is 0 Å². The van der Waals surface area contributed by atoms with E-state index in [1.54, 1.807) is 12.4 Å². The van der Waals surface area contributed by atoms with Crippen LogP contribution in [0.15, 0.2) is 42.9 Å². The van der Waals surface area contributed by atoms with E-state index in [-0.39, 0.29) is 0 Å². The van der Waals surface area contributed by atoms with Gasteiger partial charge < -0.3 is 9.55 Å². The van der Waals surface area contributed by atoms with Crippen LogP contribution >= 0.6 is 11.6 Å². The van der Waals surface area contributed by atoms with Gasteiger partial charge in [-0.3, -0.25) is 0 Å². The van der Waals surface area contributed by atoms with Gasteiger partial charge in [0.25, 0.3) is 0 Å². The van der Waals surface area contributed by atoms with Gasteiger partial charge in [-0.1, -0.05) is 29.8 Å². The van der Waals surface area contributed by atoms with Crippen LogP contribution in [-0.2, 0) is 13.6 Å². The third kappa shape index (κ3) is 2.08. The summed E-state index contributed by atoms with van der Waals surface area (Å²) in [6.07, 6.45) is 5.41. The Morgan fingerprint density at radius 3 is 2.91 bits per heavy atom. The number of rotatable bonds is 3. The molecule has 0 spiro atoms. The number of aryl methyl sites for hydroxylation is 1. The molecule has 0 aliphatic rings. The minimum absolute atomic E-state index is 0.577. The molecular formula is C15H13ClN6. The first kappa shape index (κ1) is 13.1. The predicted molar refractivity (Wildman–Crippen MR) is 84.6 cm³/mol. The molecule has 6 nitrogen and oxygen atoms in total. The fourth-order valence-corrected chi connectivity index (χ4v) is 2.65. The lowest BCUT2D eigenvalue weighted by Gasteiger charge is -2.04. The van der Waals surface area contributed by atoms with Crippen LogP contribution in [0.3, 0.4) is 0 Å². The van der Waals surface area contributed by atoms with Gasteiger partial charge in [-0.05, 0) is 11.6 Å². The van der Waals surface area contributed by atoms with Gasteiger partial charge >= 0.3 is 0 Å². The third-order valence-electron chi connectivity index (χ3n) is 3.59. The maximum Gasteiger partial charge on any atom is 0.177 e. The Labute approximate surface area is 131 Å². The van der Waals surface area contributed by atoms with Gasteiger partial charge in [0, 0.05) is 24.5 Å². The maximum absolute atomic E-state index is 6.22. The fraction of sp³-hybridized carbons (Fsp3) is 0.133. The summed E-state index contributed by atoms with van der Waals surface area (Å²) in [7, 11) is 1.94. The van der Waals surface area contributed by atoms with Crippen molar-refractivity contribution in [3.8, 4) is 11.6 Å². The van der Waals surface area contributed by atoms with Crippen LogP contribution in [0.5, 0.6) is 0 Å². The number of aromatic amines is 1. The average molecular weight is 313 g/mol. The molecule has 0 fully saturated rings. The Balaban J connectivity index is 1.75. The van der Waals surface area contributed by atoms with E-state index in [0.717, 1.165) is 33.4 Å². The smallest absolute Gasteiger partial charge is 0.177 e. The standard InChI is InChI=1S/C15H13ClN6/c1-21-7-6-17-15(21)13-19-12-8-18-22(14(12)20-13)9-10-4-2-3-5-11(10)16/h2-8H,9H2,1H3,(H,19,20). The summed E-state index contributed by atoms with van der Waals surface area (Å²) in [6, 6.07) is 7.74. The Bertz CT molecular complexity index is 948. The van der Waals surface area contributed by atoms with E-state index < -0.39 is 0 Å². The molecule has 7 heteroatoms. The summed E-state index contributed by atoms with van der Waals surface area (Å²) in [5.41, 5.74) is 2.68. The number of H-pyrrole nitrogens is 1. The molecular weight excluding hydrogens is 300 g/mol. The molecule has 4 aromatic rings. The van der Waals surface area contributed by atoms with E-state index in [2.05, 4.69) is 20.1 Å². The zero-order chi connectivity index (χ0) is 15.1. The van der Waals surface area contributed by atoms with E-state index >= 15 is 0 Å². The molecule has 0 saturated heterocycles. The minimum Gasteiger partial charge on any atom is -0.333 e. The van der Waals surface area contributed by atoms with Crippen LogP contribution in [0.1, 0.15) is 5.56 Å². The van der Waals surface area contributed by atoms with Crippen LogP contribution in [0.4, 0.5) is 0 Å². The Morgan fingerprint density at radius 2 is 2.14 bits per heavy atom. The number of halogens is 1. The fourth-order valence-electron chi connectivity index (χ4n) is 2.45. The van der Waals surface area contributed by atoms with Gasteiger partial charge in [0.2, 0.25) is 0 Å². The van der Waals surface area contributed by atoms with Crippen molar-refractivity contribution in [2.75, 3.05) is 0 Å². The molecule has 0 unspecified atom stereocenters. The molecule has 0 atom stereocenters. The Hall–Kier alpha value is -2.60. The molecule has 0 aliphatic heterocycles. The highest BCUT2D eigenvalue weighted by Crippen LogP contribution is 2.21. The third-order valence-corrected chi connectivity index (χ3v) is 3.96. The topological polar surface area (TPSA) is 64.3 Å². The SMILES string of the molecule is Cn1ccnc1-c1nc2c(cnn2Cc2ccccc2Cl)[nH]1. The number of fused-ring (bicyclic) bond motifs is 1. The molecule has 22 heavy (non-hydrogen) atoms. The lowest BCUT2D eigenvalue weighted by Crippen LogP contribution is -2.02. The molecule has 110 valence electrons. The number of hydrogen-bond donors (Lipinski definition) is 1. The zero-order valence-corrected chi connectivity index (χ0v) is 12.6. The van der Waals surface area contributed by atoms with Crippen molar-refractivity contribution in [2.24, 2.45) is 7.05 Å². The molecule has 0 bridgehead atoms. The monoisotopic (exact) mass is 312 g/mol. The van der Waals surface area contributed by atoms with Gasteiger partial charge in [0.15, 0.2) is 17.3 Å². The van der Waals surface area contributed by atoms with Gasteiger partial charge in [0.05, 0.1) is 12.7 Å². The average Bonchev–Trinajstić information content (AvgIpc) is 3.18. The van der Waals surface area contributed by atoms with Crippen LogP contribution < -0.4 is 0 Å². The van der Waals surface area contributed by atoms with E-state index in [1.807, 2.05) is 46.8 Å². The van der Waals surface area contributed by atoms with E-state index in [1.165, 1.54) is 0 Å². The van der Waals surface area contributed by atoms with Gasteiger partial charge in [-0.2, -0.15) is 5.10 Å². The molecule has 0 amide bonds. The second kappa shape index (κ2) is 4.99. The van der Waals surface area contributed by atoms with E-state index in [9.17, 15) is 0 Å². The van der Waals surface area contributed by atoms with Crippen molar-refractivity contribution in [3.05, 3.63) is 53.4 Å². The van der Waals surface area contributed by atoms with Crippen molar-refractivity contribution in [1.29, 1.82) is 0 Å². The number of hydrogen-bond acceptors (Lipinski definition) is 3. The maximum atomic E-state index is 6.22. The van der Waals surface area contributed by atoms with E-state index in [0.29, 0.717) is 6.54 Å². The summed E-state index contributed by atoms with van der Waals surface area (Å²) in [6.45, 7) is 0.577. The largest absolute Gasteiger partial charge is 0.333 e. The molecule has 1 aromatic carbocycles. The summed E-state index contributed by atoms with van der Waals surface area (Å²) in [4.78, 5) is 12.2. The molecule has 1 N–H and O–H groups in total. The molecule has 0 radical (unpaired) electrons. The lowest BCUT2D eigenvalue weighted by molar-refractivity contribution is 0.704. The molecule has 0 aliphatic carbocycles. The quantitative estimate of drug-likeness (QED) is 0.632. The van der Waals surface area contributed by atoms with Crippen molar-refractivity contribution in [1.82, 2.24) is 29.3 Å². The second-order valence-corrected chi connectivity index (χ2v) is 5.49. The first-order valence-electron chi connectivity index (χ1n) is 6.85. The predicted octanol–water partition coefficient (Wildman–Crippen LogP) is 2.86. The molecule has 3 aromatic heterocycles. The highest BCUT2D eigenvalue weighted by molar-refractivity contribution is 6.31. The molecule has 0 saturated carbocycles. The zero-order valence-electron chi connectivity index (χ0n) is 11.9. The molecule has 3 heterocycles. The van der Waals surface area contributed by atoms with Gasteiger partial charge in [-0.25, -0.2) is 14.6 Å². The summed E-state index contributed by atoms with van der Waals surface area (Å²) < 4.78 is 3.75. The number of benzene rings is 1. The number of aromatic nitrogens is 6. The highest BCUT2D eigenvalue weighted by atomic mass is 35.5. The molecule has 4 rings (SSSR count). The number of nitrogens with one attached hydrogen (secondary N) is 1. The first-order chi connectivity index (χ1) is 10.7. The van der Waals surface area contributed by atoms with Crippen LogP contribution in [0.2, 0.25) is 5.02 Å². The van der Waals surface area contributed by atoms with Crippen molar-refractivity contribution < 1.29 is 0 Å². The highest BCUT2D eigenvalue weighted by Gasteiger charge is 2.14. The van der Waals surface area contributed by atoms with Crippen molar-refractivity contribution >= 4 is 22.8 Å². The number of nitrogens with zero attached hydrogens (tertiary/aromatic N) is 5. The lowest BCUT2D eigenvalue weighted by atomic mass is 10.2. The van der Waals surface area contributed by atoms with Crippen LogP contribution in [0, 0.1) is 0 Å². The van der Waals surface area contributed by atoms with Gasteiger partial charge in [0.1, 0.15) is 5.52 Å².